The van der Waals surface area contributed by atoms with Gasteiger partial charge in [-0.3, -0.25) is 9.86 Å². The van der Waals surface area contributed by atoms with E-state index in [1.165, 1.54) is 44.8 Å². The lowest BCUT2D eigenvalue weighted by Crippen LogP contribution is -2.58. The van der Waals surface area contributed by atoms with Crippen LogP contribution in [0.3, 0.4) is 0 Å². The molecule has 9 heteroatoms. The largest absolute Gasteiger partial charge is 0.384 e. The Morgan fingerprint density at radius 1 is 1.13 bits per heavy atom. The van der Waals surface area contributed by atoms with Crippen LogP contribution in [0, 0.1) is 0 Å². The molecule has 0 aliphatic heterocycles. The number of nitrogens with one attached hydrogen (secondary N) is 2. The van der Waals surface area contributed by atoms with Crippen LogP contribution < -0.4 is 15.2 Å². The third-order valence-electron chi connectivity index (χ3n) is 7.54. The van der Waals surface area contributed by atoms with E-state index in [2.05, 4.69) is 21.7 Å². The number of nitrogens with zero attached hydrogens (tertiary/aromatic N) is 2. The van der Waals surface area contributed by atoms with E-state index >= 15 is 0 Å². The van der Waals surface area contributed by atoms with Crippen LogP contribution in [-0.4, -0.2) is 31.4 Å². The summed E-state index contributed by atoms with van der Waals surface area (Å²) in [6.07, 6.45) is 9.93. The average molecular weight is 536 g/mol. The first-order valence-electron chi connectivity index (χ1n) is 13.1. The number of urea groups is 1. The zero-order chi connectivity index (χ0) is 27.3. The predicted octanol–water partition coefficient (Wildman–Crippen LogP) is 4.22. The monoisotopic (exact) mass is 535 g/mol. The molecular weight excluding hydrogens is 498 g/mol. The molecular formula is C29H37N5O3S. The molecule has 0 unspecified atom stereocenters. The van der Waals surface area contributed by atoms with Crippen molar-refractivity contribution in [1.29, 1.82) is 0 Å². The molecule has 2 aliphatic carbocycles. The van der Waals surface area contributed by atoms with Crippen molar-refractivity contribution in [1.82, 2.24) is 14.5 Å². The molecule has 3 aromatic rings. The van der Waals surface area contributed by atoms with Crippen molar-refractivity contribution in [3.05, 3.63) is 82.6 Å². The Labute approximate surface area is 224 Å². The Hall–Kier alpha value is -3.27. The summed E-state index contributed by atoms with van der Waals surface area (Å²) in [5.74, 6) is 0. The van der Waals surface area contributed by atoms with Gasteiger partial charge in [0.2, 0.25) is 0 Å². The minimum Gasteiger partial charge on any atom is -0.384 e. The number of aliphatic hydroxyl groups is 1. The molecule has 5 N–H and O–H groups in total. The molecule has 0 bridgehead atoms. The van der Waals surface area contributed by atoms with Crippen LogP contribution in [0.5, 0.6) is 0 Å². The number of rotatable bonds is 7. The Morgan fingerprint density at radius 2 is 1.71 bits per heavy atom. The highest BCUT2D eigenvalue weighted by Gasteiger charge is 2.37. The van der Waals surface area contributed by atoms with Gasteiger partial charge in [-0.05, 0) is 98.7 Å². The number of fused-ring (bicyclic) bond motifs is 2. The number of carbonyl (C=O) groups excluding carboxylic acids is 1. The number of allylic oxidation sites excluding steroid dienone is 1. The highest BCUT2D eigenvalue weighted by molar-refractivity contribution is 8.16. The molecule has 38 heavy (non-hydrogen) atoms. The number of benzene rings is 2. The van der Waals surface area contributed by atoms with Crippen LogP contribution in [0.15, 0.2) is 54.1 Å². The van der Waals surface area contributed by atoms with Crippen molar-refractivity contribution in [2.75, 3.05) is 11.6 Å². The maximum Gasteiger partial charge on any atom is 0.330 e. The number of aromatic nitrogens is 2. The highest BCUT2D eigenvalue weighted by Crippen LogP contribution is 2.42. The van der Waals surface area contributed by atoms with Crippen LogP contribution >= 0.6 is 0 Å². The van der Waals surface area contributed by atoms with Crippen LogP contribution in [-0.2, 0) is 47.1 Å². The van der Waals surface area contributed by atoms with Gasteiger partial charge in [-0.15, -0.1) is 6.58 Å². The summed E-state index contributed by atoms with van der Waals surface area (Å²) in [4.78, 5) is 13.4. The lowest BCUT2D eigenvalue weighted by Gasteiger charge is -2.33. The first-order valence-corrected chi connectivity index (χ1v) is 15.5. The summed E-state index contributed by atoms with van der Waals surface area (Å²) < 4.78 is 18.2. The molecule has 0 spiro atoms. The standard InChI is InChI=1S/C29H37N5O3S/c1-5-11-20-21-14-9-16-23(21)27(24-17-10-15-22(20)24)31-28(35)33-38(4,30,37)26-18-25(29(2,3)36)34(32-26)19-12-7-6-8-13-19/h5-8,12-13,18,36H,1,9-11,14-17H2,2-4H3,(H4,30,31,33,35,37). The summed E-state index contributed by atoms with van der Waals surface area (Å²) >= 11 is 0. The fraction of sp³-hybridized carbons (Fsp3) is 0.379. The van der Waals surface area contributed by atoms with E-state index < -0.39 is 21.1 Å². The molecule has 0 saturated carbocycles. The van der Waals surface area contributed by atoms with Gasteiger partial charge in [0.05, 0.1) is 20.8 Å². The van der Waals surface area contributed by atoms with Crippen LogP contribution in [0.1, 0.15) is 60.2 Å². The second-order valence-electron chi connectivity index (χ2n) is 11.1. The number of nitrogens with two attached hydrogens (primary N) is 1. The summed E-state index contributed by atoms with van der Waals surface area (Å²) in [6.45, 7) is 7.19. The van der Waals surface area contributed by atoms with Gasteiger partial charge < -0.3 is 10.4 Å². The van der Waals surface area contributed by atoms with E-state index in [1.807, 2.05) is 36.4 Å². The van der Waals surface area contributed by atoms with Gasteiger partial charge in [0, 0.05) is 18.0 Å². The van der Waals surface area contributed by atoms with Crippen molar-refractivity contribution in [2.45, 2.75) is 69.4 Å². The van der Waals surface area contributed by atoms with E-state index in [1.54, 1.807) is 13.8 Å². The first kappa shape index (κ1) is 26.3. The zero-order valence-electron chi connectivity index (χ0n) is 22.3. The number of hydrogen-bond acceptors (Lipinski definition) is 4. The van der Waals surface area contributed by atoms with E-state index in [-0.39, 0.29) is 5.03 Å². The SMILES string of the molecule is C=CCc1c2c(c(NC(=O)NS(C)(N)(=O)c3cc(C(C)(C)O)n(-c4ccccc4)n3)c3c1CCC3)CCC2. The fourth-order valence-electron chi connectivity index (χ4n) is 5.84. The third kappa shape index (κ3) is 4.70. The molecule has 2 aliphatic rings. The molecule has 1 heterocycles. The van der Waals surface area contributed by atoms with Crippen LogP contribution in [0.4, 0.5) is 10.5 Å². The average Bonchev–Trinajstić information content (AvgIpc) is 3.60. The van der Waals surface area contributed by atoms with Crippen molar-refractivity contribution in [2.24, 2.45) is 5.14 Å². The van der Waals surface area contributed by atoms with E-state index in [4.69, 9.17) is 5.14 Å². The van der Waals surface area contributed by atoms with Gasteiger partial charge in [-0.25, -0.2) is 13.7 Å². The van der Waals surface area contributed by atoms with Crippen LogP contribution in [0.2, 0.25) is 0 Å². The maximum atomic E-state index is 14.2. The normalized spacial score (nSPS) is 15.9. The smallest absolute Gasteiger partial charge is 0.330 e. The zero-order valence-corrected chi connectivity index (χ0v) is 23.2. The number of amides is 2. The minimum absolute atomic E-state index is 0.00471. The molecule has 202 valence electrons. The van der Waals surface area contributed by atoms with Crippen molar-refractivity contribution in [3.8, 4) is 5.69 Å². The highest BCUT2D eigenvalue weighted by atomic mass is 32.3. The van der Waals surface area contributed by atoms with Crippen molar-refractivity contribution < 1.29 is 14.1 Å². The number of anilines is 1. The van der Waals surface area contributed by atoms with E-state index in [9.17, 15) is 14.1 Å². The number of carbonyl (C=O) groups is 1. The summed E-state index contributed by atoms with van der Waals surface area (Å²) in [6, 6.07) is 10.1. The van der Waals surface area contributed by atoms with Gasteiger partial charge in [0.25, 0.3) is 0 Å². The van der Waals surface area contributed by atoms with Gasteiger partial charge in [0.1, 0.15) is 5.60 Å². The number of para-hydroxylation sites is 1. The number of hydrogen-bond donors (Lipinski definition) is 4. The minimum atomic E-state index is -4.46. The maximum absolute atomic E-state index is 14.2. The lowest BCUT2D eigenvalue weighted by atomic mass is 9.90. The Kier molecular flexibility index (Phi) is 6.37. The quantitative estimate of drug-likeness (QED) is 0.338. The molecule has 2 amide bonds. The molecule has 1 aromatic heterocycles. The van der Waals surface area contributed by atoms with Gasteiger partial charge in [-0.1, -0.05) is 24.3 Å². The Balaban J connectivity index is 1.49. The van der Waals surface area contributed by atoms with Gasteiger partial charge in [-0.2, -0.15) is 5.10 Å². The Bertz CT molecular complexity index is 1460. The van der Waals surface area contributed by atoms with Crippen molar-refractivity contribution in [3.63, 3.8) is 0 Å². The fourth-order valence-corrected chi connectivity index (χ4v) is 7.15. The second kappa shape index (κ2) is 9.18. The Morgan fingerprint density at radius 3 is 2.26 bits per heavy atom. The van der Waals surface area contributed by atoms with Crippen LogP contribution in [0.25, 0.3) is 5.69 Å². The lowest BCUT2D eigenvalue weighted by molar-refractivity contribution is 0.0711. The predicted molar refractivity (Wildman–Crippen MR) is 152 cm³/mol. The first-order chi connectivity index (χ1) is 17.9. The topological polar surface area (TPSA) is 122 Å². The molecule has 8 nitrogen and oxygen atoms in total. The summed E-state index contributed by atoms with van der Waals surface area (Å²) in [5, 5.41) is 24.8. The molecule has 0 fully saturated rings. The summed E-state index contributed by atoms with van der Waals surface area (Å²) in [7, 11) is -4.46. The van der Waals surface area contributed by atoms with Crippen molar-refractivity contribution >= 4 is 21.2 Å². The molecule has 0 radical (unpaired) electrons. The molecule has 5 rings (SSSR count). The van der Waals surface area contributed by atoms with E-state index in [0.717, 1.165) is 50.6 Å². The molecule has 0 atom stereocenters. The van der Waals surface area contributed by atoms with Gasteiger partial charge in [0.15, 0.2) is 5.03 Å². The molecule has 2 aromatic carbocycles. The van der Waals surface area contributed by atoms with Gasteiger partial charge >= 0.3 is 6.03 Å². The molecule has 0 saturated heterocycles. The van der Waals surface area contributed by atoms with E-state index in [0.29, 0.717) is 11.4 Å². The third-order valence-corrected chi connectivity index (χ3v) is 9.47. The summed E-state index contributed by atoms with van der Waals surface area (Å²) in [5.41, 5.74) is 6.97. The second-order valence-corrected chi connectivity index (χ2v) is 14.6.